The average Bonchev–Trinajstić information content (AvgIpc) is 2.42. The first kappa shape index (κ1) is 15.4. The molecule has 0 bridgehead atoms. The molecular formula is C12H14N2O6. The topological polar surface area (TPSA) is 126 Å². The summed E-state index contributed by atoms with van der Waals surface area (Å²) in [4.78, 5) is 47.1. The highest BCUT2D eigenvalue weighted by atomic mass is 16.5. The molecule has 20 heavy (non-hydrogen) atoms. The number of ether oxygens (including phenoxy) is 1. The maximum absolute atomic E-state index is 11.8. The van der Waals surface area contributed by atoms with Gasteiger partial charge >= 0.3 is 11.9 Å². The van der Waals surface area contributed by atoms with E-state index in [0.717, 1.165) is 0 Å². The van der Waals surface area contributed by atoms with Crippen LogP contribution in [-0.2, 0) is 14.3 Å². The van der Waals surface area contributed by atoms with Gasteiger partial charge in [-0.1, -0.05) is 6.07 Å². The number of carboxylic acid groups (broad SMARTS) is 1. The van der Waals surface area contributed by atoms with Crippen molar-refractivity contribution in [2.45, 2.75) is 18.9 Å². The van der Waals surface area contributed by atoms with Crippen molar-refractivity contribution in [3.8, 4) is 0 Å². The van der Waals surface area contributed by atoms with Crippen molar-refractivity contribution in [1.29, 1.82) is 0 Å². The Hall–Kier alpha value is -2.64. The van der Waals surface area contributed by atoms with E-state index in [1.165, 1.54) is 25.3 Å². The van der Waals surface area contributed by atoms with Crippen molar-refractivity contribution in [1.82, 2.24) is 10.3 Å². The van der Waals surface area contributed by atoms with Gasteiger partial charge in [0.1, 0.15) is 11.7 Å². The SMILES string of the molecule is COC(=O)CC[C@@H](NC(=O)c1cccc(=O)[nH]1)C(=O)O. The summed E-state index contributed by atoms with van der Waals surface area (Å²) in [6.45, 7) is 0. The third kappa shape index (κ3) is 4.56. The van der Waals surface area contributed by atoms with E-state index in [9.17, 15) is 19.2 Å². The lowest BCUT2D eigenvalue weighted by Crippen LogP contribution is -2.41. The van der Waals surface area contributed by atoms with Crippen molar-refractivity contribution < 1.29 is 24.2 Å². The van der Waals surface area contributed by atoms with Gasteiger partial charge in [-0.05, 0) is 12.5 Å². The van der Waals surface area contributed by atoms with E-state index in [4.69, 9.17) is 5.11 Å². The molecule has 1 heterocycles. The number of pyridine rings is 1. The minimum absolute atomic E-state index is 0.0539. The second-order valence-electron chi connectivity index (χ2n) is 3.91. The smallest absolute Gasteiger partial charge is 0.326 e. The summed E-state index contributed by atoms with van der Waals surface area (Å²) < 4.78 is 4.39. The fourth-order valence-electron chi connectivity index (χ4n) is 1.44. The highest BCUT2D eigenvalue weighted by Gasteiger charge is 2.22. The predicted molar refractivity (Wildman–Crippen MR) is 67.2 cm³/mol. The molecule has 0 aliphatic carbocycles. The molecule has 1 amide bonds. The Morgan fingerprint density at radius 3 is 2.65 bits per heavy atom. The van der Waals surface area contributed by atoms with Crippen LogP contribution in [0.2, 0.25) is 0 Å². The van der Waals surface area contributed by atoms with Crippen molar-refractivity contribution in [3.05, 3.63) is 34.2 Å². The molecule has 0 saturated heterocycles. The molecule has 0 aliphatic rings. The summed E-state index contributed by atoms with van der Waals surface area (Å²) in [6.07, 6.45) is -0.246. The van der Waals surface area contributed by atoms with E-state index in [-0.39, 0.29) is 18.5 Å². The molecule has 0 aromatic carbocycles. The average molecular weight is 282 g/mol. The Balaban J connectivity index is 2.70. The number of hydrogen-bond acceptors (Lipinski definition) is 5. The lowest BCUT2D eigenvalue weighted by Gasteiger charge is -2.13. The number of hydrogen-bond donors (Lipinski definition) is 3. The number of amides is 1. The number of esters is 1. The Bertz CT molecular complexity index is 565. The molecule has 3 N–H and O–H groups in total. The van der Waals surface area contributed by atoms with Gasteiger partial charge < -0.3 is 20.1 Å². The number of carboxylic acids is 1. The van der Waals surface area contributed by atoms with Gasteiger partial charge in [0.15, 0.2) is 0 Å². The Morgan fingerprint density at radius 2 is 2.10 bits per heavy atom. The lowest BCUT2D eigenvalue weighted by molar-refractivity contribution is -0.142. The fraction of sp³-hybridized carbons (Fsp3) is 0.333. The number of nitrogens with one attached hydrogen (secondary N) is 2. The fourth-order valence-corrected chi connectivity index (χ4v) is 1.44. The van der Waals surface area contributed by atoms with E-state index in [2.05, 4.69) is 15.0 Å². The summed E-state index contributed by atoms with van der Waals surface area (Å²) in [6, 6.07) is 2.70. The van der Waals surface area contributed by atoms with Crippen molar-refractivity contribution in [3.63, 3.8) is 0 Å². The largest absolute Gasteiger partial charge is 0.480 e. The number of methoxy groups -OCH3 is 1. The van der Waals surface area contributed by atoms with Crippen LogP contribution in [0.5, 0.6) is 0 Å². The third-order valence-corrected chi connectivity index (χ3v) is 2.48. The van der Waals surface area contributed by atoms with Gasteiger partial charge in [-0.3, -0.25) is 14.4 Å². The number of aliphatic carboxylic acids is 1. The molecule has 0 unspecified atom stereocenters. The minimum Gasteiger partial charge on any atom is -0.480 e. The number of carbonyl (C=O) groups is 3. The van der Waals surface area contributed by atoms with Crippen LogP contribution in [0.25, 0.3) is 0 Å². The van der Waals surface area contributed by atoms with Crippen molar-refractivity contribution in [2.75, 3.05) is 7.11 Å². The van der Waals surface area contributed by atoms with Crippen molar-refractivity contribution >= 4 is 17.8 Å². The standard InChI is InChI=1S/C12H14N2O6/c1-20-10(16)6-5-8(12(18)19)14-11(17)7-3-2-4-9(15)13-7/h2-4,8H,5-6H2,1H3,(H,13,15)(H,14,17)(H,18,19)/t8-/m1/s1. The summed E-state index contributed by atoms with van der Waals surface area (Å²) >= 11 is 0. The highest BCUT2D eigenvalue weighted by Crippen LogP contribution is 2.01. The van der Waals surface area contributed by atoms with Crippen LogP contribution in [0, 0.1) is 0 Å². The van der Waals surface area contributed by atoms with E-state index in [0.29, 0.717) is 0 Å². The quantitative estimate of drug-likeness (QED) is 0.604. The first-order valence-corrected chi connectivity index (χ1v) is 5.74. The molecule has 1 rings (SSSR count). The van der Waals surface area contributed by atoms with Gasteiger partial charge in [-0.2, -0.15) is 0 Å². The summed E-state index contributed by atoms with van der Waals surface area (Å²) in [5.74, 6) is -2.58. The van der Waals surface area contributed by atoms with Crippen LogP contribution in [0.3, 0.4) is 0 Å². The molecule has 1 atom stereocenters. The van der Waals surface area contributed by atoms with Gasteiger partial charge in [-0.15, -0.1) is 0 Å². The van der Waals surface area contributed by atoms with Crippen molar-refractivity contribution in [2.24, 2.45) is 0 Å². The number of carbonyl (C=O) groups excluding carboxylic acids is 2. The number of H-pyrrole nitrogens is 1. The molecular weight excluding hydrogens is 268 g/mol. The van der Waals surface area contributed by atoms with Crippen LogP contribution in [0.4, 0.5) is 0 Å². The predicted octanol–water partition coefficient (Wildman–Crippen LogP) is -0.489. The van der Waals surface area contributed by atoms with E-state index < -0.39 is 29.4 Å². The molecule has 1 aromatic rings. The molecule has 0 radical (unpaired) electrons. The summed E-state index contributed by atoms with van der Waals surface area (Å²) in [7, 11) is 1.19. The van der Waals surface area contributed by atoms with E-state index in [1.807, 2.05) is 0 Å². The molecule has 0 spiro atoms. The number of rotatable bonds is 6. The Kier molecular flexibility index (Phi) is 5.45. The number of aromatic amines is 1. The second-order valence-corrected chi connectivity index (χ2v) is 3.91. The summed E-state index contributed by atoms with van der Waals surface area (Å²) in [5.41, 5.74) is -0.527. The van der Waals surface area contributed by atoms with E-state index >= 15 is 0 Å². The molecule has 8 nitrogen and oxygen atoms in total. The Labute approximate surface area is 113 Å². The second kappa shape index (κ2) is 7.07. The monoisotopic (exact) mass is 282 g/mol. The molecule has 0 fully saturated rings. The van der Waals surface area contributed by atoms with E-state index in [1.54, 1.807) is 0 Å². The zero-order valence-electron chi connectivity index (χ0n) is 10.7. The normalized spacial score (nSPS) is 11.4. The van der Waals surface area contributed by atoms with Gasteiger partial charge in [-0.25, -0.2) is 4.79 Å². The minimum atomic E-state index is -1.28. The molecule has 108 valence electrons. The molecule has 0 aliphatic heterocycles. The van der Waals surface area contributed by atoms with Crippen LogP contribution in [0.15, 0.2) is 23.0 Å². The third-order valence-electron chi connectivity index (χ3n) is 2.48. The Morgan fingerprint density at radius 1 is 1.40 bits per heavy atom. The van der Waals surface area contributed by atoms with Crippen LogP contribution in [-0.4, -0.2) is 41.1 Å². The maximum Gasteiger partial charge on any atom is 0.326 e. The zero-order chi connectivity index (χ0) is 15.1. The first-order valence-electron chi connectivity index (χ1n) is 5.74. The summed E-state index contributed by atoms with van der Waals surface area (Å²) in [5, 5.41) is 11.2. The molecule has 8 heteroatoms. The highest BCUT2D eigenvalue weighted by molar-refractivity contribution is 5.94. The molecule has 1 aromatic heterocycles. The van der Waals surface area contributed by atoms with Crippen LogP contribution >= 0.6 is 0 Å². The molecule has 0 saturated carbocycles. The first-order chi connectivity index (χ1) is 9.43. The zero-order valence-corrected chi connectivity index (χ0v) is 10.7. The van der Waals surface area contributed by atoms with Gasteiger partial charge in [0.05, 0.1) is 7.11 Å². The van der Waals surface area contributed by atoms with Gasteiger partial charge in [0.25, 0.3) is 5.91 Å². The van der Waals surface area contributed by atoms with Gasteiger partial charge in [0, 0.05) is 12.5 Å². The number of aromatic nitrogens is 1. The van der Waals surface area contributed by atoms with Crippen LogP contribution in [0.1, 0.15) is 23.3 Å². The van der Waals surface area contributed by atoms with Crippen LogP contribution < -0.4 is 10.9 Å². The van der Waals surface area contributed by atoms with Gasteiger partial charge in [0.2, 0.25) is 5.56 Å². The lowest BCUT2D eigenvalue weighted by atomic mass is 10.1. The maximum atomic E-state index is 11.8.